The molecule has 1 aromatic heterocycles. The first-order valence-corrected chi connectivity index (χ1v) is 5.54. The average Bonchev–Trinajstić information content (AvgIpc) is 2.88. The summed E-state index contributed by atoms with van der Waals surface area (Å²) in [6.07, 6.45) is 3.20. The molecule has 1 aromatic rings. The number of likely N-dealkylation sites (tertiary alicyclic amines) is 1. The third-order valence-corrected chi connectivity index (χ3v) is 2.63. The molecular weight excluding hydrogens is 224 g/mol. The van der Waals surface area contributed by atoms with Crippen molar-refractivity contribution in [2.45, 2.75) is 25.8 Å². The molecule has 1 N–H and O–H groups in total. The average molecular weight is 238 g/mol. The Kier molecular flexibility index (Phi) is 3.48. The number of aliphatic hydroxyl groups excluding tert-OH is 1. The van der Waals surface area contributed by atoms with Crippen LogP contribution in [0.2, 0.25) is 0 Å². The van der Waals surface area contributed by atoms with E-state index in [4.69, 9.17) is 5.11 Å². The first-order valence-electron chi connectivity index (χ1n) is 5.54. The second kappa shape index (κ2) is 5.05. The van der Waals surface area contributed by atoms with Crippen molar-refractivity contribution in [1.82, 2.24) is 19.9 Å². The lowest BCUT2D eigenvalue weighted by atomic mass is 10.3. The maximum atomic E-state index is 11.8. The van der Waals surface area contributed by atoms with Crippen molar-refractivity contribution in [3.8, 4) is 0 Å². The van der Waals surface area contributed by atoms with Gasteiger partial charge in [-0.05, 0) is 6.42 Å². The van der Waals surface area contributed by atoms with Crippen LogP contribution in [0.4, 0.5) is 0 Å². The molecule has 17 heavy (non-hydrogen) atoms. The molecule has 2 heterocycles. The fraction of sp³-hybridized carbons (Fsp3) is 0.600. The first-order chi connectivity index (χ1) is 8.20. The summed E-state index contributed by atoms with van der Waals surface area (Å²) < 4.78 is 1.39. The third-order valence-electron chi connectivity index (χ3n) is 2.63. The molecule has 0 aromatic carbocycles. The highest BCUT2D eigenvalue weighted by Crippen LogP contribution is 2.10. The molecule has 1 aliphatic rings. The quantitative estimate of drug-likeness (QED) is 0.724. The number of rotatable bonds is 4. The molecule has 0 spiro atoms. The minimum Gasteiger partial charge on any atom is -0.396 e. The van der Waals surface area contributed by atoms with E-state index in [0.717, 1.165) is 6.42 Å². The second-order valence-corrected chi connectivity index (χ2v) is 3.92. The Morgan fingerprint density at radius 1 is 1.53 bits per heavy atom. The number of aromatic nitrogens is 3. The van der Waals surface area contributed by atoms with Gasteiger partial charge in [0.1, 0.15) is 6.54 Å². The molecule has 7 nitrogen and oxygen atoms in total. The summed E-state index contributed by atoms with van der Waals surface area (Å²) >= 11 is 0. The largest absolute Gasteiger partial charge is 0.396 e. The normalized spacial score (nSPS) is 15.6. The molecule has 2 rings (SSSR count). The Morgan fingerprint density at radius 3 is 3.00 bits per heavy atom. The van der Waals surface area contributed by atoms with E-state index in [1.165, 1.54) is 9.58 Å². The van der Waals surface area contributed by atoms with E-state index < -0.39 is 0 Å². The van der Waals surface area contributed by atoms with E-state index in [0.29, 0.717) is 25.1 Å². The van der Waals surface area contributed by atoms with Gasteiger partial charge in [-0.1, -0.05) is 5.21 Å². The Hall–Kier alpha value is -1.76. The van der Waals surface area contributed by atoms with Gasteiger partial charge in [0.2, 0.25) is 5.91 Å². The molecular formula is C10H14N4O3. The highest BCUT2D eigenvalue weighted by Gasteiger charge is 2.26. The van der Waals surface area contributed by atoms with E-state index in [1.54, 1.807) is 6.20 Å². The van der Waals surface area contributed by atoms with Gasteiger partial charge in [-0.2, -0.15) is 0 Å². The van der Waals surface area contributed by atoms with Gasteiger partial charge in [-0.25, -0.2) is 4.68 Å². The van der Waals surface area contributed by atoms with Crippen LogP contribution in [0.3, 0.4) is 0 Å². The number of imide groups is 1. The van der Waals surface area contributed by atoms with Crippen LogP contribution in [0.1, 0.15) is 18.5 Å². The summed E-state index contributed by atoms with van der Waals surface area (Å²) in [6, 6.07) is 0. The summed E-state index contributed by atoms with van der Waals surface area (Å²) in [7, 11) is 0. The van der Waals surface area contributed by atoms with E-state index >= 15 is 0 Å². The maximum absolute atomic E-state index is 11.8. The molecule has 1 aliphatic heterocycles. The molecule has 1 fully saturated rings. The zero-order valence-electron chi connectivity index (χ0n) is 9.37. The lowest BCUT2D eigenvalue weighted by Crippen LogP contribution is -2.34. The zero-order valence-corrected chi connectivity index (χ0v) is 9.37. The van der Waals surface area contributed by atoms with Crippen molar-refractivity contribution in [3.05, 3.63) is 11.9 Å². The minimum absolute atomic E-state index is 0.00273. The van der Waals surface area contributed by atoms with Gasteiger partial charge in [-0.3, -0.25) is 14.5 Å². The van der Waals surface area contributed by atoms with Crippen LogP contribution >= 0.6 is 0 Å². The second-order valence-electron chi connectivity index (χ2n) is 3.92. The molecule has 1 saturated heterocycles. The highest BCUT2D eigenvalue weighted by atomic mass is 16.3. The van der Waals surface area contributed by atoms with Crippen LogP contribution in [0, 0.1) is 0 Å². The van der Waals surface area contributed by atoms with Crippen LogP contribution in [0.25, 0.3) is 0 Å². The van der Waals surface area contributed by atoms with Crippen LogP contribution in [-0.2, 0) is 22.6 Å². The number of aliphatic hydroxyl groups is 1. The molecule has 0 bridgehead atoms. The summed E-state index contributed by atoms with van der Waals surface area (Å²) in [6.45, 7) is 0.511. The predicted molar refractivity (Wildman–Crippen MR) is 56.8 cm³/mol. The standard InChI is InChI=1S/C10H14N4O3/c15-5-3-8-6-13(12-11-8)7-10(17)14-4-1-2-9(14)16/h6,15H,1-5,7H2. The van der Waals surface area contributed by atoms with Crippen LogP contribution < -0.4 is 0 Å². The summed E-state index contributed by atoms with van der Waals surface area (Å²) in [5.41, 5.74) is 0.632. The SMILES string of the molecule is O=C1CCCN1C(=O)Cn1cc(CCO)nn1. The third kappa shape index (κ3) is 2.68. The van der Waals surface area contributed by atoms with Crippen molar-refractivity contribution in [3.63, 3.8) is 0 Å². The van der Waals surface area contributed by atoms with Crippen molar-refractivity contribution >= 4 is 11.8 Å². The summed E-state index contributed by atoms with van der Waals surface area (Å²) in [5.74, 6) is -0.376. The van der Waals surface area contributed by atoms with Gasteiger partial charge in [0, 0.05) is 32.2 Å². The van der Waals surface area contributed by atoms with Crippen molar-refractivity contribution in [2.24, 2.45) is 0 Å². The van der Waals surface area contributed by atoms with Gasteiger partial charge in [0.15, 0.2) is 0 Å². The fourth-order valence-corrected chi connectivity index (χ4v) is 1.78. The molecule has 0 atom stereocenters. The Balaban J connectivity index is 1.95. The Morgan fingerprint density at radius 2 is 2.35 bits per heavy atom. The van der Waals surface area contributed by atoms with E-state index in [2.05, 4.69) is 10.3 Å². The van der Waals surface area contributed by atoms with E-state index in [9.17, 15) is 9.59 Å². The summed E-state index contributed by atoms with van der Waals surface area (Å²) in [5, 5.41) is 16.3. The number of hydrogen-bond donors (Lipinski definition) is 1. The van der Waals surface area contributed by atoms with Gasteiger partial charge in [-0.15, -0.1) is 5.10 Å². The molecule has 2 amide bonds. The summed E-state index contributed by atoms with van der Waals surface area (Å²) in [4.78, 5) is 24.4. The predicted octanol–water partition coefficient (Wildman–Crippen LogP) is -1.04. The van der Waals surface area contributed by atoms with Gasteiger partial charge in [0.25, 0.3) is 5.91 Å². The molecule has 0 unspecified atom stereocenters. The number of carbonyl (C=O) groups is 2. The van der Waals surface area contributed by atoms with E-state index in [1.807, 2.05) is 0 Å². The molecule has 92 valence electrons. The van der Waals surface area contributed by atoms with E-state index in [-0.39, 0.29) is 25.0 Å². The van der Waals surface area contributed by atoms with Crippen LogP contribution in [0.15, 0.2) is 6.20 Å². The maximum Gasteiger partial charge on any atom is 0.250 e. The number of amides is 2. The number of carbonyl (C=O) groups excluding carboxylic acids is 2. The minimum atomic E-state index is -0.257. The van der Waals surface area contributed by atoms with Gasteiger partial charge >= 0.3 is 0 Å². The van der Waals surface area contributed by atoms with Gasteiger partial charge in [0.05, 0.1) is 5.69 Å². The van der Waals surface area contributed by atoms with Crippen LogP contribution in [0.5, 0.6) is 0 Å². The highest BCUT2D eigenvalue weighted by molar-refractivity contribution is 5.96. The van der Waals surface area contributed by atoms with Crippen LogP contribution in [-0.4, -0.2) is 50.0 Å². The zero-order chi connectivity index (χ0) is 12.3. The number of hydrogen-bond acceptors (Lipinski definition) is 5. The van der Waals surface area contributed by atoms with Gasteiger partial charge < -0.3 is 5.11 Å². The molecule has 0 radical (unpaired) electrons. The lowest BCUT2D eigenvalue weighted by molar-refractivity contribution is -0.142. The topological polar surface area (TPSA) is 88.3 Å². The smallest absolute Gasteiger partial charge is 0.250 e. The fourth-order valence-electron chi connectivity index (χ4n) is 1.78. The van der Waals surface area contributed by atoms with Crippen molar-refractivity contribution in [2.75, 3.05) is 13.2 Å². The number of nitrogens with zero attached hydrogens (tertiary/aromatic N) is 4. The monoisotopic (exact) mass is 238 g/mol. The first kappa shape index (κ1) is 11.7. The lowest BCUT2D eigenvalue weighted by Gasteiger charge is -2.12. The molecule has 0 saturated carbocycles. The molecule has 7 heteroatoms. The van der Waals surface area contributed by atoms with Crippen molar-refractivity contribution in [1.29, 1.82) is 0 Å². The Labute approximate surface area is 98.0 Å². The Bertz CT molecular complexity index is 429. The molecule has 0 aliphatic carbocycles. The van der Waals surface area contributed by atoms with Crippen molar-refractivity contribution < 1.29 is 14.7 Å².